The molecule has 3 nitrogen and oxygen atoms in total. The molecule has 1 aromatic carbocycles. The van der Waals surface area contributed by atoms with E-state index in [9.17, 15) is 0 Å². The average Bonchev–Trinajstić information content (AvgIpc) is 2.08. The summed E-state index contributed by atoms with van der Waals surface area (Å²) in [5.74, 6) is 1.04. The molecule has 0 spiro atoms. The summed E-state index contributed by atoms with van der Waals surface area (Å²) in [4.78, 5) is 0. The smallest absolute Gasteiger partial charge is 0.146 e. The first-order valence-electron chi connectivity index (χ1n) is 4.11. The van der Waals surface area contributed by atoms with E-state index in [-0.39, 0.29) is 5.84 Å². The Kier molecular flexibility index (Phi) is 5.89. The third kappa shape index (κ3) is 4.59. The van der Waals surface area contributed by atoms with E-state index < -0.39 is 0 Å². The molecule has 0 aromatic heterocycles. The standard InChI is InChI=1S/C9H9I3N2O/c10-5-3-6(11)9(7(12)4-5)15-2-1-8(13)14/h3-4H,1-2H2,(H3,13,14). The van der Waals surface area contributed by atoms with Gasteiger partial charge in [0.2, 0.25) is 0 Å². The second-order valence-corrected chi connectivity index (χ2v) is 6.39. The van der Waals surface area contributed by atoms with Crippen LogP contribution in [0.2, 0.25) is 0 Å². The Morgan fingerprint density at radius 3 is 2.27 bits per heavy atom. The lowest BCUT2D eigenvalue weighted by Crippen LogP contribution is -2.14. The van der Waals surface area contributed by atoms with E-state index in [1.54, 1.807) is 0 Å². The molecular formula is C9H9I3N2O. The van der Waals surface area contributed by atoms with Gasteiger partial charge in [0, 0.05) is 9.99 Å². The molecule has 82 valence electrons. The van der Waals surface area contributed by atoms with Crippen LogP contribution in [-0.4, -0.2) is 12.4 Å². The number of ether oxygens (including phenoxy) is 1. The van der Waals surface area contributed by atoms with Crippen molar-refractivity contribution in [3.63, 3.8) is 0 Å². The van der Waals surface area contributed by atoms with Gasteiger partial charge < -0.3 is 10.5 Å². The normalized spacial score (nSPS) is 10.1. The van der Waals surface area contributed by atoms with E-state index in [0.717, 1.165) is 12.9 Å². The number of nitrogens with one attached hydrogen (secondary N) is 1. The fraction of sp³-hybridized carbons (Fsp3) is 0.222. The van der Waals surface area contributed by atoms with Crippen molar-refractivity contribution >= 4 is 73.6 Å². The highest BCUT2D eigenvalue weighted by molar-refractivity contribution is 14.1. The minimum atomic E-state index is 0.158. The molecule has 3 N–H and O–H groups in total. The van der Waals surface area contributed by atoms with Gasteiger partial charge in [0.15, 0.2) is 0 Å². The van der Waals surface area contributed by atoms with Crippen LogP contribution in [0.15, 0.2) is 12.1 Å². The lowest BCUT2D eigenvalue weighted by atomic mass is 10.3. The first-order chi connectivity index (χ1) is 7.00. The Bertz CT molecular complexity index is 359. The molecule has 0 unspecified atom stereocenters. The van der Waals surface area contributed by atoms with E-state index in [0.29, 0.717) is 13.0 Å². The molecule has 15 heavy (non-hydrogen) atoms. The molecule has 0 saturated carbocycles. The second kappa shape index (κ2) is 6.42. The Morgan fingerprint density at radius 2 is 1.80 bits per heavy atom. The predicted molar refractivity (Wildman–Crippen MR) is 86.6 cm³/mol. The van der Waals surface area contributed by atoms with Gasteiger partial charge in [-0.3, -0.25) is 5.41 Å². The molecule has 0 fully saturated rings. The van der Waals surface area contributed by atoms with Crippen molar-refractivity contribution in [2.75, 3.05) is 6.61 Å². The molecule has 0 aliphatic rings. The topological polar surface area (TPSA) is 59.1 Å². The number of halogens is 3. The van der Waals surface area contributed by atoms with Crippen LogP contribution < -0.4 is 10.5 Å². The van der Waals surface area contributed by atoms with Crippen molar-refractivity contribution in [1.82, 2.24) is 0 Å². The van der Waals surface area contributed by atoms with Crippen LogP contribution >= 0.6 is 67.8 Å². The number of benzene rings is 1. The van der Waals surface area contributed by atoms with E-state index >= 15 is 0 Å². The van der Waals surface area contributed by atoms with Crippen molar-refractivity contribution < 1.29 is 4.74 Å². The molecule has 0 aliphatic heterocycles. The fourth-order valence-corrected chi connectivity index (χ4v) is 4.82. The summed E-state index contributed by atoms with van der Waals surface area (Å²) in [7, 11) is 0. The van der Waals surface area contributed by atoms with Crippen molar-refractivity contribution in [3.8, 4) is 5.75 Å². The molecule has 6 heteroatoms. The summed E-state index contributed by atoms with van der Waals surface area (Å²) in [5, 5.41) is 7.09. The summed E-state index contributed by atoms with van der Waals surface area (Å²) in [5.41, 5.74) is 5.26. The molecule has 0 amide bonds. The summed E-state index contributed by atoms with van der Waals surface area (Å²) >= 11 is 6.78. The fourth-order valence-electron chi connectivity index (χ4n) is 0.930. The average molecular weight is 542 g/mol. The molecule has 0 atom stereocenters. The SMILES string of the molecule is N=C(N)CCOc1c(I)cc(I)cc1I. The van der Waals surface area contributed by atoms with Gasteiger partial charge in [-0.2, -0.15) is 0 Å². The quantitative estimate of drug-likeness (QED) is 0.349. The van der Waals surface area contributed by atoms with Crippen LogP contribution in [0.3, 0.4) is 0 Å². The molecule has 0 radical (unpaired) electrons. The number of rotatable bonds is 4. The second-order valence-electron chi connectivity index (χ2n) is 2.82. The summed E-state index contributed by atoms with van der Waals surface area (Å²) in [6.07, 6.45) is 0.470. The van der Waals surface area contributed by atoms with Crippen molar-refractivity contribution in [1.29, 1.82) is 5.41 Å². The third-order valence-corrected chi connectivity index (χ3v) is 3.81. The Morgan fingerprint density at radius 1 is 1.27 bits per heavy atom. The number of hydrogen-bond acceptors (Lipinski definition) is 2. The Balaban J connectivity index is 2.72. The number of nitrogens with two attached hydrogens (primary N) is 1. The monoisotopic (exact) mass is 542 g/mol. The van der Waals surface area contributed by atoms with Gasteiger partial charge >= 0.3 is 0 Å². The van der Waals surface area contributed by atoms with E-state index in [1.807, 2.05) is 0 Å². The van der Waals surface area contributed by atoms with Crippen LogP contribution in [0.1, 0.15) is 6.42 Å². The van der Waals surface area contributed by atoms with Gasteiger partial charge in [-0.1, -0.05) is 0 Å². The van der Waals surface area contributed by atoms with Gasteiger partial charge in [-0.25, -0.2) is 0 Å². The van der Waals surface area contributed by atoms with Gasteiger partial charge in [0.1, 0.15) is 5.75 Å². The largest absolute Gasteiger partial charge is 0.491 e. The molecule has 1 rings (SSSR count). The molecule has 0 saturated heterocycles. The highest BCUT2D eigenvalue weighted by Gasteiger charge is 2.07. The van der Waals surface area contributed by atoms with Crippen LogP contribution in [-0.2, 0) is 0 Å². The molecule has 0 heterocycles. The third-order valence-electron chi connectivity index (χ3n) is 1.58. The summed E-state index contributed by atoms with van der Waals surface area (Å²) < 4.78 is 8.97. The Hall–Kier alpha value is 0.680. The van der Waals surface area contributed by atoms with Crippen molar-refractivity contribution in [3.05, 3.63) is 22.8 Å². The van der Waals surface area contributed by atoms with Crippen LogP contribution in [0.5, 0.6) is 5.75 Å². The zero-order valence-corrected chi connectivity index (χ0v) is 14.2. The minimum absolute atomic E-state index is 0.158. The van der Waals surface area contributed by atoms with Crippen LogP contribution in [0.4, 0.5) is 0 Å². The zero-order chi connectivity index (χ0) is 11.4. The minimum Gasteiger partial charge on any atom is -0.491 e. The van der Waals surface area contributed by atoms with E-state index in [1.165, 1.54) is 3.57 Å². The maximum atomic E-state index is 7.09. The number of hydrogen-bond donors (Lipinski definition) is 2. The van der Waals surface area contributed by atoms with Gasteiger partial charge in [-0.05, 0) is 79.9 Å². The zero-order valence-electron chi connectivity index (χ0n) is 7.69. The first-order valence-corrected chi connectivity index (χ1v) is 7.34. The van der Waals surface area contributed by atoms with Gasteiger partial charge in [0.25, 0.3) is 0 Å². The molecular weight excluding hydrogens is 533 g/mol. The van der Waals surface area contributed by atoms with Crippen molar-refractivity contribution in [2.45, 2.75) is 6.42 Å². The van der Waals surface area contributed by atoms with E-state index in [4.69, 9.17) is 15.9 Å². The maximum Gasteiger partial charge on any atom is 0.146 e. The lowest BCUT2D eigenvalue weighted by Gasteiger charge is -2.10. The highest BCUT2D eigenvalue weighted by Crippen LogP contribution is 2.29. The first kappa shape index (κ1) is 13.7. The summed E-state index contributed by atoms with van der Waals surface area (Å²) in [6.45, 7) is 0.460. The van der Waals surface area contributed by atoms with E-state index in [2.05, 4.69) is 79.9 Å². The molecule has 0 bridgehead atoms. The maximum absolute atomic E-state index is 7.09. The number of amidine groups is 1. The van der Waals surface area contributed by atoms with Gasteiger partial charge in [0.05, 0.1) is 19.6 Å². The Labute approximate surface area is 129 Å². The van der Waals surface area contributed by atoms with Gasteiger partial charge in [-0.15, -0.1) is 0 Å². The predicted octanol–water partition coefficient (Wildman–Crippen LogP) is 3.21. The molecule has 1 aromatic rings. The highest BCUT2D eigenvalue weighted by atomic mass is 127. The lowest BCUT2D eigenvalue weighted by molar-refractivity contribution is 0.324. The molecule has 0 aliphatic carbocycles. The van der Waals surface area contributed by atoms with Crippen molar-refractivity contribution in [2.24, 2.45) is 5.73 Å². The van der Waals surface area contributed by atoms with Crippen LogP contribution in [0, 0.1) is 16.1 Å². The summed E-state index contributed by atoms with van der Waals surface area (Å²) in [6, 6.07) is 4.12. The van der Waals surface area contributed by atoms with Crippen LogP contribution in [0.25, 0.3) is 0 Å².